The zero-order valence-corrected chi connectivity index (χ0v) is 15.9. The number of amides is 1. The molecule has 0 aliphatic heterocycles. The number of benzene rings is 2. The van der Waals surface area contributed by atoms with E-state index in [0.717, 1.165) is 0 Å². The third-order valence-electron chi connectivity index (χ3n) is 4.34. The molecule has 2 aromatic carbocycles. The molecule has 0 bridgehead atoms. The number of hydrogen-bond donors (Lipinski definition) is 2. The van der Waals surface area contributed by atoms with Crippen LogP contribution in [0.3, 0.4) is 0 Å². The highest BCUT2D eigenvalue weighted by Gasteiger charge is 2.38. The van der Waals surface area contributed by atoms with Crippen molar-refractivity contribution in [1.29, 1.82) is 0 Å². The molecule has 31 heavy (non-hydrogen) atoms. The fraction of sp³-hybridized carbons (Fsp3) is 0.100. The van der Waals surface area contributed by atoms with Gasteiger partial charge in [-0.2, -0.15) is 23.3 Å². The molecular weight excluding hydrogens is 415 g/mol. The lowest BCUT2D eigenvalue weighted by molar-refractivity contribution is -0.159. The Hall–Kier alpha value is -4.15. The van der Waals surface area contributed by atoms with E-state index in [4.69, 9.17) is 0 Å². The maximum Gasteiger partial charge on any atom is 0.471 e. The summed E-state index contributed by atoms with van der Waals surface area (Å²) in [7, 11) is 0. The molecular formula is C20H14F3N5O3. The lowest BCUT2D eigenvalue weighted by atomic mass is 10.2. The van der Waals surface area contributed by atoms with Gasteiger partial charge in [0.2, 0.25) is 5.82 Å². The first-order valence-electron chi connectivity index (χ1n) is 8.89. The molecule has 4 rings (SSSR count). The normalized spacial score (nSPS) is 11.5. The lowest BCUT2D eigenvalue weighted by Gasteiger charge is -2.04. The van der Waals surface area contributed by atoms with E-state index in [2.05, 4.69) is 25.1 Å². The number of carbonyl (C=O) groups excluding carboxylic acids is 1. The number of aromatic nitrogens is 4. The van der Waals surface area contributed by atoms with Crippen LogP contribution in [0.1, 0.15) is 21.9 Å². The topological polar surface area (TPSA) is 106 Å². The van der Waals surface area contributed by atoms with E-state index < -0.39 is 12.1 Å². The van der Waals surface area contributed by atoms with Crippen molar-refractivity contribution in [2.75, 3.05) is 5.32 Å². The lowest BCUT2D eigenvalue weighted by Crippen LogP contribution is -2.11. The van der Waals surface area contributed by atoms with E-state index >= 15 is 0 Å². The van der Waals surface area contributed by atoms with Crippen molar-refractivity contribution < 1.29 is 27.6 Å². The van der Waals surface area contributed by atoms with Crippen LogP contribution in [0, 0.1) is 6.92 Å². The van der Waals surface area contributed by atoms with Gasteiger partial charge in [-0.1, -0.05) is 5.16 Å². The monoisotopic (exact) mass is 429 g/mol. The highest BCUT2D eigenvalue weighted by atomic mass is 19.4. The van der Waals surface area contributed by atoms with Crippen LogP contribution in [0.15, 0.2) is 59.3 Å². The second-order valence-corrected chi connectivity index (χ2v) is 6.54. The van der Waals surface area contributed by atoms with Gasteiger partial charge in [-0.25, -0.2) is 4.68 Å². The molecule has 2 heterocycles. The molecule has 1 amide bonds. The molecule has 0 fully saturated rings. The zero-order valence-electron chi connectivity index (χ0n) is 15.9. The number of aromatic hydroxyl groups is 1. The van der Waals surface area contributed by atoms with Crippen LogP contribution in [-0.4, -0.2) is 30.9 Å². The number of halogens is 3. The van der Waals surface area contributed by atoms with Gasteiger partial charge >= 0.3 is 12.1 Å². The van der Waals surface area contributed by atoms with E-state index in [1.807, 2.05) is 0 Å². The van der Waals surface area contributed by atoms with Crippen LogP contribution in [0.25, 0.3) is 17.1 Å². The number of carbonyl (C=O) groups is 1. The fourth-order valence-corrected chi connectivity index (χ4v) is 2.74. The predicted octanol–water partition coefficient (Wildman–Crippen LogP) is 4.21. The summed E-state index contributed by atoms with van der Waals surface area (Å²) < 4.78 is 43.6. The average Bonchev–Trinajstić information content (AvgIpc) is 3.36. The van der Waals surface area contributed by atoms with Gasteiger partial charge in [0, 0.05) is 11.1 Å². The molecule has 158 valence electrons. The summed E-state index contributed by atoms with van der Waals surface area (Å²) in [5, 5.41) is 19.8. The van der Waals surface area contributed by atoms with Gasteiger partial charge in [0.15, 0.2) is 0 Å². The van der Waals surface area contributed by atoms with Gasteiger partial charge in [0.1, 0.15) is 5.75 Å². The first-order valence-corrected chi connectivity index (χ1v) is 8.89. The number of aryl methyl sites for hydroxylation is 1. The molecule has 8 nitrogen and oxygen atoms in total. The molecule has 0 aliphatic rings. The largest absolute Gasteiger partial charge is 0.508 e. The van der Waals surface area contributed by atoms with E-state index in [0.29, 0.717) is 28.2 Å². The maximum absolute atomic E-state index is 12.6. The van der Waals surface area contributed by atoms with Crippen molar-refractivity contribution in [2.24, 2.45) is 0 Å². The summed E-state index contributed by atoms with van der Waals surface area (Å²) in [4.78, 5) is 15.7. The van der Waals surface area contributed by atoms with Crippen molar-refractivity contribution in [3.8, 4) is 22.8 Å². The van der Waals surface area contributed by atoms with Crippen LogP contribution in [-0.2, 0) is 6.18 Å². The Labute approximate surface area is 172 Å². The Bertz CT molecular complexity index is 1230. The number of anilines is 1. The Morgan fingerprint density at radius 1 is 1.10 bits per heavy atom. The predicted molar refractivity (Wildman–Crippen MR) is 103 cm³/mol. The van der Waals surface area contributed by atoms with Crippen molar-refractivity contribution >= 4 is 11.6 Å². The quantitative estimate of drug-likeness (QED) is 0.504. The van der Waals surface area contributed by atoms with Crippen molar-refractivity contribution in [3.05, 3.63) is 71.9 Å². The van der Waals surface area contributed by atoms with E-state index in [9.17, 15) is 23.1 Å². The SMILES string of the molecule is Cc1nn(-c2ccc(-c3noc(C(F)(F)F)n3)cc2)cc1NC(=O)c1ccc(O)cc1. The molecule has 0 atom stereocenters. The maximum atomic E-state index is 12.6. The Morgan fingerprint density at radius 2 is 1.77 bits per heavy atom. The number of phenols is 1. The van der Waals surface area contributed by atoms with Gasteiger partial charge in [0.25, 0.3) is 5.91 Å². The minimum atomic E-state index is -4.71. The fourth-order valence-electron chi connectivity index (χ4n) is 2.74. The van der Waals surface area contributed by atoms with Gasteiger partial charge in [-0.05, 0) is 55.5 Å². The van der Waals surface area contributed by atoms with Crippen LogP contribution < -0.4 is 5.32 Å². The summed E-state index contributed by atoms with van der Waals surface area (Å²) in [5.41, 5.74) is 2.36. The molecule has 0 aliphatic carbocycles. The zero-order chi connectivity index (χ0) is 22.2. The first-order chi connectivity index (χ1) is 14.7. The van der Waals surface area contributed by atoms with E-state index in [1.54, 1.807) is 25.3 Å². The minimum Gasteiger partial charge on any atom is -0.508 e. The molecule has 2 N–H and O–H groups in total. The van der Waals surface area contributed by atoms with E-state index in [-0.39, 0.29) is 17.5 Å². The van der Waals surface area contributed by atoms with Gasteiger partial charge in [0.05, 0.1) is 23.3 Å². The Balaban J connectivity index is 1.52. The van der Waals surface area contributed by atoms with Gasteiger partial charge in [-0.15, -0.1) is 0 Å². The summed E-state index contributed by atoms with van der Waals surface area (Å²) in [6, 6.07) is 12.1. The first kappa shape index (κ1) is 20.1. The summed E-state index contributed by atoms with van der Waals surface area (Å²) >= 11 is 0. The second-order valence-electron chi connectivity index (χ2n) is 6.54. The molecule has 11 heteroatoms. The van der Waals surface area contributed by atoms with Gasteiger partial charge < -0.3 is 14.9 Å². The van der Waals surface area contributed by atoms with Crippen LogP contribution in [0.5, 0.6) is 5.75 Å². The summed E-state index contributed by atoms with van der Waals surface area (Å²) in [6.45, 7) is 1.72. The van der Waals surface area contributed by atoms with Crippen LogP contribution in [0.4, 0.5) is 18.9 Å². The second kappa shape index (κ2) is 7.59. The van der Waals surface area contributed by atoms with Crippen LogP contribution in [0.2, 0.25) is 0 Å². The third-order valence-corrected chi connectivity index (χ3v) is 4.34. The van der Waals surface area contributed by atoms with E-state index in [1.165, 1.54) is 41.1 Å². The number of nitrogens with zero attached hydrogens (tertiary/aromatic N) is 4. The molecule has 0 saturated carbocycles. The summed E-state index contributed by atoms with van der Waals surface area (Å²) in [6.07, 6.45) is -3.10. The number of rotatable bonds is 4. The number of phenolic OH excluding ortho intramolecular Hbond substituents is 1. The molecule has 0 spiro atoms. The average molecular weight is 429 g/mol. The standard InChI is InChI=1S/C20H14F3N5O3/c1-11-16(24-18(30)13-4-8-15(29)9-5-13)10-28(26-11)14-6-2-12(3-7-14)17-25-19(31-27-17)20(21,22)23/h2-10,29H,1H3,(H,24,30). The molecule has 0 radical (unpaired) electrons. The Kier molecular flexibility index (Phi) is 4.93. The molecule has 0 saturated heterocycles. The van der Waals surface area contributed by atoms with Crippen molar-refractivity contribution in [3.63, 3.8) is 0 Å². The number of alkyl halides is 3. The molecule has 0 unspecified atom stereocenters. The Morgan fingerprint density at radius 3 is 2.39 bits per heavy atom. The van der Waals surface area contributed by atoms with Crippen molar-refractivity contribution in [2.45, 2.75) is 13.1 Å². The van der Waals surface area contributed by atoms with Crippen molar-refractivity contribution in [1.82, 2.24) is 19.9 Å². The highest BCUT2D eigenvalue weighted by molar-refractivity contribution is 6.04. The number of nitrogens with one attached hydrogen (secondary N) is 1. The van der Waals surface area contributed by atoms with Gasteiger partial charge in [-0.3, -0.25) is 4.79 Å². The molecule has 4 aromatic rings. The highest BCUT2D eigenvalue weighted by Crippen LogP contribution is 2.29. The minimum absolute atomic E-state index is 0.0550. The number of hydrogen-bond acceptors (Lipinski definition) is 6. The third kappa shape index (κ3) is 4.25. The smallest absolute Gasteiger partial charge is 0.471 e. The van der Waals surface area contributed by atoms with Crippen LogP contribution >= 0.6 is 0 Å². The summed E-state index contributed by atoms with van der Waals surface area (Å²) in [5.74, 6) is -1.91. The molecule has 2 aromatic heterocycles.